The van der Waals surface area contributed by atoms with Gasteiger partial charge in [-0.2, -0.15) is 0 Å². The van der Waals surface area contributed by atoms with Crippen molar-refractivity contribution in [2.45, 2.75) is 38.9 Å². The molecule has 2 heterocycles. The Hall–Kier alpha value is -1.46. The predicted octanol–water partition coefficient (Wildman–Crippen LogP) is 4.20. The second kappa shape index (κ2) is 4.27. The van der Waals surface area contributed by atoms with Gasteiger partial charge in [-0.05, 0) is 45.9 Å². The van der Waals surface area contributed by atoms with E-state index in [4.69, 9.17) is 4.74 Å². The Labute approximate surface area is 131 Å². The highest BCUT2D eigenvalue weighted by Crippen LogP contribution is 2.48. The summed E-state index contributed by atoms with van der Waals surface area (Å²) in [5.74, 6) is -0.953. The highest BCUT2D eigenvalue weighted by Gasteiger charge is 2.47. The molecule has 2 aromatic rings. The number of carboxylic acids is 1. The van der Waals surface area contributed by atoms with Gasteiger partial charge in [0.05, 0.1) is 22.4 Å². The van der Waals surface area contributed by atoms with Crippen molar-refractivity contribution < 1.29 is 14.6 Å². The molecule has 0 aliphatic carbocycles. The lowest BCUT2D eigenvalue weighted by atomic mass is 9.88. The third-order valence-electron chi connectivity index (χ3n) is 3.84. The molecule has 0 saturated carbocycles. The lowest BCUT2D eigenvalue weighted by molar-refractivity contribution is -0.106. The van der Waals surface area contributed by atoms with Gasteiger partial charge in [0, 0.05) is 15.4 Å². The molecular weight excluding hydrogens is 334 g/mol. The summed E-state index contributed by atoms with van der Waals surface area (Å²) >= 11 is 3.40. The van der Waals surface area contributed by atoms with Gasteiger partial charge in [0.15, 0.2) is 0 Å². The van der Waals surface area contributed by atoms with E-state index in [1.54, 1.807) is 6.07 Å². The number of hydrogen-bond acceptors (Lipinski definition) is 3. The molecule has 5 heteroatoms. The monoisotopic (exact) mass is 349 g/mol. The van der Waals surface area contributed by atoms with Crippen LogP contribution in [0.5, 0.6) is 0 Å². The molecule has 21 heavy (non-hydrogen) atoms. The zero-order chi connectivity index (χ0) is 15.6. The number of fused-ring (bicyclic) bond motifs is 2. The van der Waals surface area contributed by atoms with Crippen molar-refractivity contribution in [2.75, 3.05) is 0 Å². The maximum atomic E-state index is 11.9. The third-order valence-corrected chi connectivity index (χ3v) is 4.34. The lowest BCUT2D eigenvalue weighted by Crippen LogP contribution is -2.23. The Bertz CT molecular complexity index is 781. The molecule has 1 aliphatic rings. The van der Waals surface area contributed by atoms with Crippen molar-refractivity contribution in [3.05, 3.63) is 39.5 Å². The number of aromatic nitrogens is 1. The number of rotatable bonds is 1. The minimum Gasteiger partial charge on any atom is -0.478 e. The van der Waals surface area contributed by atoms with Crippen LogP contribution in [0.3, 0.4) is 0 Å². The largest absolute Gasteiger partial charge is 0.478 e. The fourth-order valence-corrected chi connectivity index (χ4v) is 3.58. The number of carbonyl (C=O) groups is 1. The molecule has 1 N–H and O–H groups in total. The van der Waals surface area contributed by atoms with E-state index in [2.05, 4.69) is 20.9 Å². The SMILES string of the molecule is CC1(C)OC(C)(C)c2c1nc1ccc(Br)cc1c2C(=O)O. The van der Waals surface area contributed by atoms with E-state index >= 15 is 0 Å². The summed E-state index contributed by atoms with van der Waals surface area (Å²) in [5.41, 5.74) is 1.04. The number of carboxylic acid groups (broad SMARTS) is 1. The normalized spacial score (nSPS) is 18.7. The molecule has 1 aliphatic heterocycles. The summed E-state index contributed by atoms with van der Waals surface area (Å²) in [6.07, 6.45) is 0. The van der Waals surface area contributed by atoms with E-state index in [9.17, 15) is 9.90 Å². The van der Waals surface area contributed by atoms with E-state index < -0.39 is 17.2 Å². The molecule has 0 spiro atoms. The van der Waals surface area contributed by atoms with Crippen LogP contribution in [0.2, 0.25) is 0 Å². The number of ether oxygens (including phenoxy) is 1. The van der Waals surface area contributed by atoms with E-state index in [0.717, 1.165) is 4.47 Å². The van der Waals surface area contributed by atoms with Crippen LogP contribution in [0.15, 0.2) is 22.7 Å². The molecular formula is C16H16BrNO3. The van der Waals surface area contributed by atoms with Crippen molar-refractivity contribution >= 4 is 32.8 Å². The number of benzene rings is 1. The van der Waals surface area contributed by atoms with Crippen molar-refractivity contribution in [1.82, 2.24) is 4.98 Å². The summed E-state index contributed by atoms with van der Waals surface area (Å²) in [6, 6.07) is 5.49. The van der Waals surface area contributed by atoms with Gasteiger partial charge in [0.25, 0.3) is 0 Å². The molecule has 0 radical (unpaired) electrons. The van der Waals surface area contributed by atoms with Gasteiger partial charge in [-0.25, -0.2) is 9.78 Å². The first kappa shape index (κ1) is 14.5. The first-order chi connectivity index (χ1) is 9.63. The van der Waals surface area contributed by atoms with Crippen molar-refractivity contribution in [1.29, 1.82) is 0 Å². The molecule has 0 fully saturated rings. The summed E-state index contributed by atoms with van der Waals surface area (Å²) in [4.78, 5) is 16.6. The van der Waals surface area contributed by atoms with Crippen molar-refractivity contribution in [3.8, 4) is 0 Å². The van der Waals surface area contributed by atoms with E-state index in [0.29, 0.717) is 22.2 Å². The summed E-state index contributed by atoms with van der Waals surface area (Å²) < 4.78 is 6.89. The molecule has 1 aromatic carbocycles. The average molecular weight is 350 g/mol. The Morgan fingerprint density at radius 1 is 1.24 bits per heavy atom. The zero-order valence-corrected chi connectivity index (χ0v) is 13.9. The van der Waals surface area contributed by atoms with Crippen LogP contribution in [-0.2, 0) is 15.9 Å². The van der Waals surface area contributed by atoms with Crippen LogP contribution >= 0.6 is 15.9 Å². The molecule has 0 bridgehead atoms. The highest BCUT2D eigenvalue weighted by atomic mass is 79.9. The van der Waals surface area contributed by atoms with E-state index in [1.807, 2.05) is 39.8 Å². The summed E-state index contributed by atoms with van der Waals surface area (Å²) in [7, 11) is 0. The van der Waals surface area contributed by atoms with Crippen molar-refractivity contribution in [3.63, 3.8) is 0 Å². The third kappa shape index (κ3) is 2.07. The predicted molar refractivity (Wildman–Crippen MR) is 83.5 cm³/mol. The Kier molecular flexibility index (Phi) is 2.94. The molecule has 110 valence electrons. The number of aromatic carboxylic acids is 1. The Morgan fingerprint density at radius 2 is 1.90 bits per heavy atom. The quantitative estimate of drug-likeness (QED) is 0.838. The van der Waals surface area contributed by atoms with Crippen LogP contribution in [0, 0.1) is 0 Å². The molecule has 3 rings (SSSR count). The van der Waals surface area contributed by atoms with E-state index in [1.165, 1.54) is 0 Å². The highest BCUT2D eigenvalue weighted by molar-refractivity contribution is 9.10. The maximum absolute atomic E-state index is 11.9. The summed E-state index contributed by atoms with van der Waals surface area (Å²) in [6.45, 7) is 7.62. The van der Waals surface area contributed by atoms with Gasteiger partial charge >= 0.3 is 5.97 Å². The van der Waals surface area contributed by atoms with Gasteiger partial charge in [-0.1, -0.05) is 15.9 Å². The first-order valence-corrected chi connectivity index (χ1v) is 7.50. The van der Waals surface area contributed by atoms with Crippen LogP contribution < -0.4 is 0 Å². The zero-order valence-electron chi connectivity index (χ0n) is 12.3. The maximum Gasteiger partial charge on any atom is 0.336 e. The molecule has 0 unspecified atom stereocenters. The van der Waals surface area contributed by atoms with Gasteiger partial charge in [-0.3, -0.25) is 0 Å². The van der Waals surface area contributed by atoms with Crippen LogP contribution in [0.25, 0.3) is 10.9 Å². The van der Waals surface area contributed by atoms with Crippen molar-refractivity contribution in [2.24, 2.45) is 0 Å². The second-order valence-corrected chi connectivity index (χ2v) is 7.22. The average Bonchev–Trinajstić information content (AvgIpc) is 2.52. The molecule has 4 nitrogen and oxygen atoms in total. The molecule has 1 aromatic heterocycles. The topological polar surface area (TPSA) is 59.4 Å². The molecule has 0 saturated heterocycles. The molecule has 0 amide bonds. The second-order valence-electron chi connectivity index (χ2n) is 6.30. The summed E-state index contributed by atoms with van der Waals surface area (Å²) in [5, 5.41) is 10.4. The van der Waals surface area contributed by atoms with E-state index in [-0.39, 0.29) is 5.56 Å². The lowest BCUT2D eigenvalue weighted by Gasteiger charge is -2.24. The smallest absolute Gasteiger partial charge is 0.336 e. The Balaban J connectivity index is 2.53. The minimum atomic E-state index is -0.953. The van der Waals surface area contributed by atoms with Crippen LogP contribution in [0.1, 0.15) is 49.3 Å². The van der Waals surface area contributed by atoms with Crippen LogP contribution in [-0.4, -0.2) is 16.1 Å². The van der Waals surface area contributed by atoms with Crippen LogP contribution in [0.4, 0.5) is 0 Å². The fraction of sp³-hybridized carbons (Fsp3) is 0.375. The standard InChI is InChI=1S/C16H16BrNO3/c1-15(2)12-11(14(19)20)9-7-8(17)5-6-10(9)18-13(12)16(3,4)21-15/h5-7H,1-4H3,(H,19,20). The number of pyridine rings is 1. The number of hydrogen-bond donors (Lipinski definition) is 1. The molecule has 0 atom stereocenters. The Morgan fingerprint density at radius 3 is 2.52 bits per heavy atom. The van der Waals surface area contributed by atoms with Gasteiger partial charge in [0.2, 0.25) is 0 Å². The van der Waals surface area contributed by atoms with Gasteiger partial charge in [0.1, 0.15) is 5.60 Å². The minimum absolute atomic E-state index is 0.284. The number of halogens is 1. The fourth-order valence-electron chi connectivity index (χ4n) is 3.22. The van der Waals surface area contributed by atoms with Gasteiger partial charge in [-0.15, -0.1) is 0 Å². The number of nitrogens with zero attached hydrogens (tertiary/aromatic N) is 1. The van der Waals surface area contributed by atoms with Gasteiger partial charge < -0.3 is 9.84 Å². The first-order valence-electron chi connectivity index (χ1n) is 6.71.